The van der Waals surface area contributed by atoms with E-state index >= 15 is 0 Å². The molecule has 116 valence electrons. The topological polar surface area (TPSA) is 23.5 Å². The molecule has 21 heavy (non-hydrogen) atoms. The first-order chi connectivity index (χ1) is 10.0. The first-order valence-electron chi connectivity index (χ1n) is 7.93. The van der Waals surface area contributed by atoms with Crippen LogP contribution in [-0.2, 0) is 6.54 Å². The lowest BCUT2D eigenvalue weighted by Gasteiger charge is -2.26. The fourth-order valence-electron chi connectivity index (χ4n) is 2.47. The molecule has 0 aliphatic rings. The molecule has 2 nitrogen and oxygen atoms in total. The smallest absolute Gasteiger partial charge is 0.0540 e. The van der Waals surface area contributed by atoms with Gasteiger partial charge in [0.2, 0.25) is 0 Å². The number of aliphatic hydroxyl groups is 1. The van der Waals surface area contributed by atoms with Crippen LogP contribution in [0.5, 0.6) is 0 Å². The van der Waals surface area contributed by atoms with E-state index in [1.54, 1.807) is 0 Å². The Labute approximate surface area is 130 Å². The van der Waals surface area contributed by atoms with Gasteiger partial charge in [0.15, 0.2) is 0 Å². The van der Waals surface area contributed by atoms with Crippen LogP contribution < -0.4 is 0 Å². The molecule has 0 aromatic heterocycles. The lowest BCUT2D eigenvalue weighted by atomic mass is 10.1. The minimum atomic E-state index is 0.127. The minimum Gasteiger partial charge on any atom is -0.395 e. The summed E-state index contributed by atoms with van der Waals surface area (Å²) in [5.74, 6) is 7.54. The quantitative estimate of drug-likeness (QED) is 0.775. The van der Waals surface area contributed by atoms with Gasteiger partial charge in [-0.25, -0.2) is 0 Å². The first-order valence-corrected chi connectivity index (χ1v) is 7.93. The van der Waals surface area contributed by atoms with Gasteiger partial charge in [-0.3, -0.25) is 4.90 Å². The number of rotatable bonds is 7. The normalized spacial score (nSPS) is 11.0. The van der Waals surface area contributed by atoms with E-state index in [1.807, 2.05) is 6.07 Å². The van der Waals surface area contributed by atoms with Crippen LogP contribution in [0.25, 0.3) is 0 Å². The fourth-order valence-corrected chi connectivity index (χ4v) is 2.47. The molecule has 0 aliphatic heterocycles. The van der Waals surface area contributed by atoms with Crippen molar-refractivity contribution in [3.05, 3.63) is 35.4 Å². The predicted molar refractivity (Wildman–Crippen MR) is 90.0 cm³/mol. The van der Waals surface area contributed by atoms with E-state index in [0.29, 0.717) is 18.3 Å². The van der Waals surface area contributed by atoms with Gasteiger partial charge in [0, 0.05) is 31.6 Å². The Bertz CT molecular complexity index is 458. The van der Waals surface area contributed by atoms with Crippen LogP contribution in [0.4, 0.5) is 0 Å². The SMILES string of the molecule is CC(C)CN(Cc1ccccc1C#CCCO)CC(C)C. The van der Waals surface area contributed by atoms with Crippen molar-refractivity contribution in [1.82, 2.24) is 4.90 Å². The van der Waals surface area contributed by atoms with Crippen molar-refractivity contribution >= 4 is 0 Å². The highest BCUT2D eigenvalue weighted by molar-refractivity contribution is 5.41. The summed E-state index contributed by atoms with van der Waals surface area (Å²) < 4.78 is 0. The van der Waals surface area contributed by atoms with Crippen LogP contribution >= 0.6 is 0 Å². The first kappa shape index (κ1) is 17.8. The Morgan fingerprint density at radius 2 is 1.67 bits per heavy atom. The molecule has 0 bridgehead atoms. The summed E-state index contributed by atoms with van der Waals surface area (Å²) in [6.07, 6.45) is 0.538. The van der Waals surface area contributed by atoms with Gasteiger partial charge in [0.1, 0.15) is 0 Å². The molecule has 0 spiro atoms. The number of hydrogen-bond acceptors (Lipinski definition) is 2. The average Bonchev–Trinajstić information content (AvgIpc) is 2.39. The monoisotopic (exact) mass is 287 g/mol. The van der Waals surface area contributed by atoms with Gasteiger partial charge < -0.3 is 5.11 Å². The lowest BCUT2D eigenvalue weighted by molar-refractivity contribution is 0.211. The van der Waals surface area contributed by atoms with Crippen LogP contribution in [0.2, 0.25) is 0 Å². The van der Waals surface area contributed by atoms with Gasteiger partial charge in [-0.05, 0) is 23.5 Å². The highest BCUT2D eigenvalue weighted by Crippen LogP contribution is 2.14. The summed E-state index contributed by atoms with van der Waals surface area (Å²) in [7, 11) is 0. The highest BCUT2D eigenvalue weighted by atomic mass is 16.2. The molecule has 0 unspecified atom stereocenters. The van der Waals surface area contributed by atoms with Crippen molar-refractivity contribution in [1.29, 1.82) is 0 Å². The third kappa shape index (κ3) is 7.32. The van der Waals surface area contributed by atoms with Gasteiger partial charge in [-0.1, -0.05) is 57.7 Å². The van der Waals surface area contributed by atoms with Crippen molar-refractivity contribution in [3.63, 3.8) is 0 Å². The van der Waals surface area contributed by atoms with Crippen molar-refractivity contribution in [2.45, 2.75) is 40.7 Å². The lowest BCUT2D eigenvalue weighted by Crippen LogP contribution is -2.31. The van der Waals surface area contributed by atoms with Crippen molar-refractivity contribution in [2.75, 3.05) is 19.7 Å². The molecule has 0 heterocycles. The molecule has 0 fully saturated rings. The summed E-state index contributed by atoms with van der Waals surface area (Å²) in [5, 5.41) is 8.85. The average molecular weight is 287 g/mol. The summed E-state index contributed by atoms with van der Waals surface area (Å²) >= 11 is 0. The maximum Gasteiger partial charge on any atom is 0.0540 e. The molecule has 0 saturated heterocycles. The summed E-state index contributed by atoms with van der Waals surface area (Å²) in [4.78, 5) is 2.52. The van der Waals surface area contributed by atoms with E-state index in [-0.39, 0.29) is 6.61 Å². The predicted octanol–water partition coefficient (Wildman–Crippen LogP) is 3.53. The van der Waals surface area contributed by atoms with E-state index < -0.39 is 0 Å². The van der Waals surface area contributed by atoms with Crippen molar-refractivity contribution in [2.24, 2.45) is 11.8 Å². The Morgan fingerprint density at radius 3 is 2.24 bits per heavy atom. The second-order valence-corrected chi connectivity index (χ2v) is 6.41. The summed E-state index contributed by atoms with van der Waals surface area (Å²) in [5.41, 5.74) is 2.37. The molecular formula is C19H29NO. The zero-order valence-electron chi connectivity index (χ0n) is 13.9. The van der Waals surface area contributed by atoms with Gasteiger partial charge in [-0.2, -0.15) is 0 Å². The largest absolute Gasteiger partial charge is 0.395 e. The van der Waals surface area contributed by atoms with E-state index in [0.717, 1.165) is 25.2 Å². The van der Waals surface area contributed by atoms with Crippen LogP contribution in [0.3, 0.4) is 0 Å². The fraction of sp³-hybridized carbons (Fsp3) is 0.579. The second-order valence-electron chi connectivity index (χ2n) is 6.41. The maximum atomic E-state index is 8.85. The highest BCUT2D eigenvalue weighted by Gasteiger charge is 2.11. The third-order valence-electron chi connectivity index (χ3n) is 3.12. The van der Waals surface area contributed by atoms with E-state index in [4.69, 9.17) is 5.11 Å². The molecule has 1 aromatic carbocycles. The van der Waals surface area contributed by atoms with Gasteiger partial charge in [0.05, 0.1) is 6.61 Å². The minimum absolute atomic E-state index is 0.127. The molecule has 1 rings (SSSR count). The van der Waals surface area contributed by atoms with Gasteiger partial charge in [0.25, 0.3) is 0 Å². The van der Waals surface area contributed by atoms with Crippen LogP contribution in [-0.4, -0.2) is 29.7 Å². The maximum absolute atomic E-state index is 8.85. The Balaban J connectivity index is 2.85. The molecule has 2 heteroatoms. The number of aliphatic hydroxyl groups excluding tert-OH is 1. The molecule has 1 N–H and O–H groups in total. The van der Waals surface area contributed by atoms with Crippen LogP contribution in [0.15, 0.2) is 24.3 Å². The third-order valence-corrected chi connectivity index (χ3v) is 3.12. The standard InChI is InChI=1S/C19H29NO/c1-16(2)13-20(14-17(3)4)15-19-11-6-5-9-18(19)10-7-8-12-21/h5-6,9,11,16-17,21H,8,12-15H2,1-4H3. The van der Waals surface area contributed by atoms with E-state index in [2.05, 4.69) is 62.6 Å². The van der Waals surface area contributed by atoms with Crippen LogP contribution in [0.1, 0.15) is 45.2 Å². The number of nitrogens with zero attached hydrogens (tertiary/aromatic N) is 1. The van der Waals surface area contributed by atoms with E-state index in [1.165, 1.54) is 5.56 Å². The van der Waals surface area contributed by atoms with Crippen LogP contribution in [0, 0.1) is 23.7 Å². The van der Waals surface area contributed by atoms with Gasteiger partial charge >= 0.3 is 0 Å². The molecule has 1 aromatic rings. The summed E-state index contributed by atoms with van der Waals surface area (Å²) in [6.45, 7) is 12.3. The van der Waals surface area contributed by atoms with Gasteiger partial charge in [-0.15, -0.1) is 0 Å². The molecule has 0 amide bonds. The molecular weight excluding hydrogens is 258 g/mol. The zero-order chi connectivity index (χ0) is 15.7. The molecule has 0 radical (unpaired) electrons. The van der Waals surface area contributed by atoms with Crippen molar-refractivity contribution in [3.8, 4) is 11.8 Å². The zero-order valence-corrected chi connectivity index (χ0v) is 13.9. The second kappa shape index (κ2) is 9.60. The Morgan fingerprint density at radius 1 is 1.05 bits per heavy atom. The molecule has 0 atom stereocenters. The Kier molecular flexibility index (Phi) is 8.12. The van der Waals surface area contributed by atoms with Crippen molar-refractivity contribution < 1.29 is 5.11 Å². The summed E-state index contributed by atoms with van der Waals surface area (Å²) in [6, 6.07) is 8.34. The Hall–Kier alpha value is -1.30. The number of hydrogen-bond donors (Lipinski definition) is 1. The molecule has 0 saturated carbocycles. The van der Waals surface area contributed by atoms with E-state index in [9.17, 15) is 0 Å². The molecule has 0 aliphatic carbocycles. The number of benzene rings is 1.